The molecule has 0 bridgehead atoms. The van der Waals surface area contributed by atoms with Gasteiger partial charge in [-0.2, -0.15) is 0 Å². The maximum atomic E-state index is 12.9. The number of rotatable bonds is 6. The van der Waals surface area contributed by atoms with E-state index in [0.29, 0.717) is 28.6 Å². The number of carbonyl (C=O) groups is 4. The van der Waals surface area contributed by atoms with Crippen molar-refractivity contribution in [1.29, 1.82) is 0 Å². The third-order valence-electron chi connectivity index (χ3n) is 6.00. The Morgan fingerprint density at radius 1 is 1.12 bits per heavy atom. The van der Waals surface area contributed by atoms with Gasteiger partial charge >= 0.3 is 5.97 Å². The molecule has 0 radical (unpaired) electrons. The number of methoxy groups -OCH3 is 1. The van der Waals surface area contributed by atoms with Crippen LogP contribution in [0.15, 0.2) is 54.6 Å². The zero-order chi connectivity index (χ0) is 24.4. The molecule has 176 valence electrons. The van der Waals surface area contributed by atoms with Crippen molar-refractivity contribution in [3.05, 3.63) is 65.2 Å². The van der Waals surface area contributed by atoms with Crippen molar-refractivity contribution >= 4 is 46.7 Å². The molecule has 9 heteroatoms. The van der Waals surface area contributed by atoms with Crippen molar-refractivity contribution in [2.75, 3.05) is 23.9 Å². The number of hydrogen-bond donors (Lipinski definition) is 1. The summed E-state index contributed by atoms with van der Waals surface area (Å²) in [6, 6.07) is 10.7. The lowest BCUT2D eigenvalue weighted by Crippen LogP contribution is -2.31. The normalized spacial score (nSPS) is 21.3. The number of imide groups is 1. The van der Waals surface area contributed by atoms with E-state index >= 15 is 0 Å². The summed E-state index contributed by atoms with van der Waals surface area (Å²) in [7, 11) is 1.46. The summed E-state index contributed by atoms with van der Waals surface area (Å²) in [5, 5.41) is 2.99. The molecular weight excluding hydrogens is 460 g/mol. The summed E-state index contributed by atoms with van der Waals surface area (Å²) in [6.45, 7) is 1.41. The second-order valence-corrected chi connectivity index (χ2v) is 8.62. The average Bonchev–Trinajstić information content (AvgIpc) is 3.08. The van der Waals surface area contributed by atoms with Gasteiger partial charge in [-0.05, 0) is 54.8 Å². The van der Waals surface area contributed by atoms with Crippen molar-refractivity contribution in [2.45, 2.75) is 13.3 Å². The predicted molar refractivity (Wildman–Crippen MR) is 126 cm³/mol. The summed E-state index contributed by atoms with van der Waals surface area (Å²) in [6.07, 6.45) is 4.45. The molecular formula is C25H23ClN2O6. The lowest BCUT2D eigenvalue weighted by atomic mass is 9.78. The van der Waals surface area contributed by atoms with Gasteiger partial charge in [-0.25, -0.2) is 4.79 Å². The first-order chi connectivity index (χ1) is 16.3. The number of halogens is 1. The fourth-order valence-corrected chi connectivity index (χ4v) is 4.50. The number of allylic oxidation sites excluding steroid dienone is 2. The third-order valence-corrected chi connectivity index (χ3v) is 6.24. The highest BCUT2D eigenvalue weighted by Crippen LogP contribution is 2.40. The largest absolute Gasteiger partial charge is 0.495 e. The summed E-state index contributed by atoms with van der Waals surface area (Å²) in [5.74, 6) is -2.05. The SMILES string of the molecule is COc1ccc(Cl)cc1NC(=O)COC(=O)c1ccc(N2C(=O)[C@H]3[C@@H](C)C=CC[C@H]3C2=O)cc1. The van der Waals surface area contributed by atoms with Crippen LogP contribution in [-0.2, 0) is 19.1 Å². The zero-order valence-corrected chi connectivity index (χ0v) is 19.4. The highest BCUT2D eigenvalue weighted by atomic mass is 35.5. The number of carbonyl (C=O) groups excluding carboxylic acids is 4. The molecule has 4 rings (SSSR count). The van der Waals surface area contributed by atoms with Crippen molar-refractivity contribution in [1.82, 2.24) is 0 Å². The highest BCUT2D eigenvalue weighted by molar-refractivity contribution is 6.31. The number of anilines is 2. The number of hydrogen-bond acceptors (Lipinski definition) is 6. The third kappa shape index (κ3) is 4.54. The van der Waals surface area contributed by atoms with E-state index < -0.39 is 18.5 Å². The molecule has 1 aliphatic heterocycles. The van der Waals surface area contributed by atoms with Crippen LogP contribution in [0.1, 0.15) is 23.7 Å². The second-order valence-electron chi connectivity index (χ2n) is 8.18. The molecule has 8 nitrogen and oxygen atoms in total. The molecule has 34 heavy (non-hydrogen) atoms. The molecule has 0 spiro atoms. The van der Waals surface area contributed by atoms with Crippen LogP contribution in [0.4, 0.5) is 11.4 Å². The van der Waals surface area contributed by atoms with Gasteiger partial charge in [0.05, 0.1) is 35.9 Å². The van der Waals surface area contributed by atoms with E-state index in [1.165, 1.54) is 42.3 Å². The second kappa shape index (κ2) is 9.69. The van der Waals surface area contributed by atoms with Crippen LogP contribution in [0, 0.1) is 17.8 Å². The van der Waals surface area contributed by atoms with Gasteiger partial charge in [0, 0.05) is 5.02 Å². The maximum absolute atomic E-state index is 12.9. The van der Waals surface area contributed by atoms with Crippen molar-refractivity contribution in [2.24, 2.45) is 17.8 Å². The number of nitrogens with zero attached hydrogens (tertiary/aromatic N) is 1. The van der Waals surface area contributed by atoms with E-state index in [9.17, 15) is 19.2 Å². The minimum Gasteiger partial charge on any atom is -0.495 e. The van der Waals surface area contributed by atoms with Gasteiger partial charge in [0.25, 0.3) is 5.91 Å². The van der Waals surface area contributed by atoms with E-state index in [4.69, 9.17) is 21.1 Å². The number of esters is 1. The monoisotopic (exact) mass is 482 g/mol. The maximum Gasteiger partial charge on any atom is 0.338 e. The molecule has 0 aromatic heterocycles. The Morgan fingerprint density at radius 3 is 2.53 bits per heavy atom. The van der Waals surface area contributed by atoms with Crippen LogP contribution in [-0.4, -0.2) is 37.4 Å². The molecule has 2 aromatic carbocycles. The number of benzene rings is 2. The number of ether oxygens (including phenoxy) is 2. The molecule has 1 heterocycles. The van der Waals surface area contributed by atoms with Crippen LogP contribution >= 0.6 is 11.6 Å². The van der Waals surface area contributed by atoms with E-state index in [1.54, 1.807) is 12.1 Å². The van der Waals surface area contributed by atoms with E-state index in [2.05, 4.69) is 5.32 Å². The van der Waals surface area contributed by atoms with Gasteiger partial charge in [0.1, 0.15) is 5.75 Å². The molecule has 2 aromatic rings. The molecule has 1 fully saturated rings. The zero-order valence-electron chi connectivity index (χ0n) is 18.6. The molecule has 0 saturated carbocycles. The number of nitrogens with one attached hydrogen (secondary N) is 1. The summed E-state index contributed by atoms with van der Waals surface area (Å²) < 4.78 is 10.2. The minimum atomic E-state index is -0.717. The van der Waals surface area contributed by atoms with Crippen LogP contribution in [0.5, 0.6) is 5.75 Å². The molecule has 3 atom stereocenters. The Hall–Kier alpha value is -3.65. The molecule has 1 saturated heterocycles. The van der Waals surface area contributed by atoms with Gasteiger partial charge < -0.3 is 14.8 Å². The van der Waals surface area contributed by atoms with Gasteiger partial charge in [0.2, 0.25) is 11.8 Å². The molecule has 1 N–H and O–H groups in total. The van der Waals surface area contributed by atoms with Crippen LogP contribution < -0.4 is 15.0 Å². The van der Waals surface area contributed by atoms with E-state index in [0.717, 1.165) is 0 Å². The van der Waals surface area contributed by atoms with Gasteiger partial charge in [0.15, 0.2) is 6.61 Å². The fraction of sp³-hybridized carbons (Fsp3) is 0.280. The Kier molecular flexibility index (Phi) is 6.70. The first-order valence-electron chi connectivity index (χ1n) is 10.7. The summed E-state index contributed by atoms with van der Waals surface area (Å²) in [4.78, 5) is 51.5. The van der Waals surface area contributed by atoms with Crippen LogP contribution in [0.25, 0.3) is 0 Å². The molecule has 3 amide bonds. The Bertz CT molecular complexity index is 1180. The van der Waals surface area contributed by atoms with Gasteiger partial charge in [-0.3, -0.25) is 19.3 Å². The van der Waals surface area contributed by atoms with Gasteiger partial charge in [-0.15, -0.1) is 0 Å². The summed E-state index contributed by atoms with van der Waals surface area (Å²) >= 11 is 5.94. The molecule has 1 aliphatic carbocycles. The lowest BCUT2D eigenvalue weighted by molar-refractivity contribution is -0.123. The molecule has 0 unspecified atom stereocenters. The Morgan fingerprint density at radius 2 is 1.85 bits per heavy atom. The first kappa shape index (κ1) is 23.5. The average molecular weight is 483 g/mol. The number of fused-ring (bicyclic) bond motifs is 1. The topological polar surface area (TPSA) is 102 Å². The van der Waals surface area contributed by atoms with Crippen molar-refractivity contribution in [3.63, 3.8) is 0 Å². The number of amides is 3. The predicted octanol–water partition coefficient (Wildman–Crippen LogP) is 3.85. The van der Waals surface area contributed by atoms with Crippen LogP contribution in [0.2, 0.25) is 5.02 Å². The van der Waals surface area contributed by atoms with E-state index in [-0.39, 0.29) is 35.1 Å². The van der Waals surface area contributed by atoms with Gasteiger partial charge in [-0.1, -0.05) is 30.7 Å². The fourth-order valence-electron chi connectivity index (χ4n) is 4.33. The lowest BCUT2D eigenvalue weighted by Gasteiger charge is -2.22. The molecule has 2 aliphatic rings. The first-order valence-corrected chi connectivity index (χ1v) is 11.1. The Labute approximate surface area is 201 Å². The summed E-state index contributed by atoms with van der Waals surface area (Å²) in [5.41, 5.74) is 0.938. The minimum absolute atomic E-state index is 0.00697. The van der Waals surface area contributed by atoms with Crippen LogP contribution in [0.3, 0.4) is 0 Å². The Balaban J connectivity index is 1.37. The highest BCUT2D eigenvalue weighted by Gasteiger charge is 2.50. The van der Waals surface area contributed by atoms with E-state index in [1.807, 2.05) is 19.1 Å². The smallest absolute Gasteiger partial charge is 0.338 e. The quantitative estimate of drug-likeness (QED) is 0.381. The standard InChI is InChI=1S/C25H23ClN2O6/c1-14-4-3-5-18-22(14)24(31)28(23(18)30)17-9-6-15(7-10-17)25(32)34-13-21(29)27-19-12-16(26)8-11-20(19)33-2/h3-4,6-12,14,18,22H,5,13H2,1-2H3,(H,27,29)/t14-,18+,22-/m0/s1. The van der Waals surface area contributed by atoms with Crippen molar-refractivity contribution in [3.8, 4) is 5.75 Å². The van der Waals surface area contributed by atoms with Crippen molar-refractivity contribution < 1.29 is 28.7 Å².